The number of ketones is 1. The highest BCUT2D eigenvalue weighted by Crippen LogP contribution is 2.26. The van der Waals surface area contributed by atoms with Crippen LogP contribution in [0.3, 0.4) is 0 Å². The Labute approximate surface area is 74.6 Å². The molecule has 0 atom stereocenters. The van der Waals surface area contributed by atoms with E-state index in [9.17, 15) is 4.79 Å². The Bertz CT molecular complexity index is 319. The number of anilines is 1. The fourth-order valence-electron chi connectivity index (χ4n) is 1.45. The molecule has 0 bridgehead atoms. The first-order valence-electron chi connectivity index (χ1n) is 4.06. The van der Waals surface area contributed by atoms with Gasteiger partial charge in [0.05, 0.1) is 0 Å². The number of hydrogen-bond donors (Lipinski definition) is 1. The molecule has 2 rings (SSSR count). The monoisotopic (exact) mass is 182 g/mol. The van der Waals surface area contributed by atoms with E-state index >= 15 is 0 Å². The molecule has 0 unspecified atom stereocenters. The van der Waals surface area contributed by atoms with Crippen molar-refractivity contribution >= 4 is 22.3 Å². The lowest BCUT2D eigenvalue weighted by molar-refractivity contribution is 0.0978. The van der Waals surface area contributed by atoms with Crippen LogP contribution in [-0.4, -0.2) is 10.8 Å². The Morgan fingerprint density at radius 2 is 2.08 bits per heavy atom. The summed E-state index contributed by atoms with van der Waals surface area (Å²) in [7, 11) is 0. The van der Waals surface area contributed by atoms with E-state index < -0.39 is 0 Å². The van der Waals surface area contributed by atoms with Crippen LogP contribution in [0, 0.1) is 0 Å². The number of Topliss-reactive ketones (excluding diaryl/α,β-unsaturated/α-hetero) is 1. The number of nitrogens with zero attached hydrogens (tertiary/aromatic N) is 1. The van der Waals surface area contributed by atoms with Gasteiger partial charge in [0, 0.05) is 11.3 Å². The minimum atomic E-state index is 0.162. The Morgan fingerprint density at radius 1 is 1.33 bits per heavy atom. The minimum Gasteiger partial charge on any atom is -0.375 e. The van der Waals surface area contributed by atoms with Crippen molar-refractivity contribution in [3.8, 4) is 0 Å². The number of aromatic nitrogens is 1. The van der Waals surface area contributed by atoms with Crippen LogP contribution in [0.4, 0.5) is 5.13 Å². The summed E-state index contributed by atoms with van der Waals surface area (Å²) in [6.45, 7) is 0. The molecule has 1 aromatic rings. The maximum absolute atomic E-state index is 11.4. The second-order valence-corrected chi connectivity index (χ2v) is 4.07. The number of fused-ring (bicyclic) bond motifs is 1. The van der Waals surface area contributed by atoms with Crippen molar-refractivity contribution in [2.45, 2.75) is 25.7 Å². The lowest BCUT2D eigenvalue weighted by Gasteiger charge is -1.90. The molecule has 0 spiro atoms. The van der Waals surface area contributed by atoms with Crippen LogP contribution in [0.1, 0.15) is 34.6 Å². The molecule has 0 fully saturated rings. The zero-order valence-corrected chi connectivity index (χ0v) is 7.49. The molecule has 0 aliphatic heterocycles. The van der Waals surface area contributed by atoms with Crippen molar-refractivity contribution in [3.05, 3.63) is 10.6 Å². The van der Waals surface area contributed by atoms with Gasteiger partial charge in [0.15, 0.2) is 10.9 Å². The lowest BCUT2D eigenvalue weighted by atomic mass is 10.2. The molecule has 1 heterocycles. The van der Waals surface area contributed by atoms with Crippen molar-refractivity contribution in [3.63, 3.8) is 0 Å². The van der Waals surface area contributed by atoms with Crippen LogP contribution >= 0.6 is 11.3 Å². The maximum atomic E-state index is 11.4. The molecule has 1 aliphatic carbocycles. The molecule has 1 aliphatic rings. The number of hydrogen-bond acceptors (Lipinski definition) is 4. The summed E-state index contributed by atoms with van der Waals surface area (Å²) in [6, 6.07) is 0. The van der Waals surface area contributed by atoms with E-state index in [2.05, 4.69) is 4.98 Å². The van der Waals surface area contributed by atoms with Gasteiger partial charge >= 0.3 is 0 Å². The van der Waals surface area contributed by atoms with Gasteiger partial charge < -0.3 is 5.73 Å². The number of thiazole rings is 1. The average Bonchev–Trinajstić information content (AvgIpc) is 2.33. The molecule has 0 amide bonds. The van der Waals surface area contributed by atoms with Crippen LogP contribution in [0.5, 0.6) is 0 Å². The first-order valence-corrected chi connectivity index (χ1v) is 4.87. The van der Waals surface area contributed by atoms with Gasteiger partial charge in [-0.25, -0.2) is 4.98 Å². The molecule has 3 nitrogen and oxygen atoms in total. The van der Waals surface area contributed by atoms with Crippen molar-refractivity contribution in [1.29, 1.82) is 0 Å². The zero-order valence-electron chi connectivity index (χ0n) is 6.67. The van der Waals surface area contributed by atoms with Gasteiger partial charge in [0.1, 0.15) is 5.69 Å². The van der Waals surface area contributed by atoms with Gasteiger partial charge in [-0.2, -0.15) is 0 Å². The Hall–Kier alpha value is -0.900. The smallest absolute Gasteiger partial charge is 0.182 e. The SMILES string of the molecule is Nc1nc2c(s1)CCCCC2=O. The number of carbonyl (C=O) groups is 1. The molecular weight excluding hydrogens is 172 g/mol. The Kier molecular flexibility index (Phi) is 1.84. The van der Waals surface area contributed by atoms with Crippen molar-refractivity contribution < 1.29 is 4.79 Å². The van der Waals surface area contributed by atoms with E-state index in [0.29, 0.717) is 17.2 Å². The van der Waals surface area contributed by atoms with Gasteiger partial charge in [-0.3, -0.25) is 4.79 Å². The molecule has 0 aromatic carbocycles. The third kappa shape index (κ3) is 1.22. The second kappa shape index (κ2) is 2.86. The molecule has 0 radical (unpaired) electrons. The van der Waals surface area contributed by atoms with Crippen LogP contribution in [-0.2, 0) is 6.42 Å². The third-order valence-corrected chi connectivity index (χ3v) is 2.98. The topological polar surface area (TPSA) is 56.0 Å². The van der Waals surface area contributed by atoms with Gasteiger partial charge in [-0.15, -0.1) is 11.3 Å². The second-order valence-electron chi connectivity index (χ2n) is 2.95. The molecule has 2 N–H and O–H groups in total. The first kappa shape index (κ1) is 7.73. The first-order chi connectivity index (χ1) is 5.77. The minimum absolute atomic E-state index is 0.162. The summed E-state index contributed by atoms with van der Waals surface area (Å²) < 4.78 is 0. The average molecular weight is 182 g/mol. The quantitative estimate of drug-likeness (QED) is 0.620. The van der Waals surface area contributed by atoms with E-state index in [-0.39, 0.29) is 5.78 Å². The molecule has 0 saturated carbocycles. The lowest BCUT2D eigenvalue weighted by Crippen LogP contribution is -1.99. The van der Waals surface area contributed by atoms with Crippen LogP contribution < -0.4 is 5.73 Å². The standard InChI is InChI=1S/C8H10N2OS/c9-8-10-7-5(11)3-1-2-4-6(7)12-8/h1-4H2,(H2,9,10). The van der Waals surface area contributed by atoms with E-state index in [0.717, 1.165) is 24.1 Å². The van der Waals surface area contributed by atoms with Crippen LogP contribution in [0.25, 0.3) is 0 Å². The van der Waals surface area contributed by atoms with Crippen molar-refractivity contribution in [2.75, 3.05) is 5.73 Å². The highest BCUT2D eigenvalue weighted by molar-refractivity contribution is 7.15. The molecule has 64 valence electrons. The summed E-state index contributed by atoms with van der Waals surface area (Å²) in [5.41, 5.74) is 6.16. The number of rotatable bonds is 0. The maximum Gasteiger partial charge on any atom is 0.182 e. The zero-order chi connectivity index (χ0) is 8.55. The van der Waals surface area contributed by atoms with E-state index in [1.807, 2.05) is 0 Å². The molecule has 0 saturated heterocycles. The van der Waals surface area contributed by atoms with Gasteiger partial charge in [-0.1, -0.05) is 0 Å². The van der Waals surface area contributed by atoms with Gasteiger partial charge in [0.2, 0.25) is 0 Å². The highest BCUT2D eigenvalue weighted by atomic mass is 32.1. The normalized spacial score (nSPS) is 17.2. The fraction of sp³-hybridized carbons (Fsp3) is 0.500. The summed E-state index contributed by atoms with van der Waals surface area (Å²) in [4.78, 5) is 16.5. The highest BCUT2D eigenvalue weighted by Gasteiger charge is 2.19. The Morgan fingerprint density at radius 3 is 2.92 bits per heavy atom. The third-order valence-electron chi connectivity index (χ3n) is 2.04. The van der Waals surface area contributed by atoms with E-state index in [1.165, 1.54) is 11.3 Å². The molecule has 12 heavy (non-hydrogen) atoms. The fourth-order valence-corrected chi connectivity index (χ4v) is 2.34. The molecule has 1 aromatic heterocycles. The number of nitrogen functional groups attached to an aromatic ring is 1. The van der Waals surface area contributed by atoms with Crippen molar-refractivity contribution in [2.24, 2.45) is 0 Å². The van der Waals surface area contributed by atoms with Crippen LogP contribution in [0.15, 0.2) is 0 Å². The summed E-state index contributed by atoms with van der Waals surface area (Å²) in [5, 5.41) is 0.523. The Balaban J connectivity index is 2.44. The summed E-state index contributed by atoms with van der Waals surface area (Å²) >= 11 is 1.45. The molecular formula is C8H10N2OS. The number of nitrogens with two attached hydrogens (primary N) is 1. The number of carbonyl (C=O) groups excluding carboxylic acids is 1. The molecule has 4 heteroatoms. The van der Waals surface area contributed by atoms with Crippen LogP contribution in [0.2, 0.25) is 0 Å². The van der Waals surface area contributed by atoms with E-state index in [4.69, 9.17) is 5.73 Å². The van der Waals surface area contributed by atoms with Crippen molar-refractivity contribution in [1.82, 2.24) is 4.98 Å². The summed E-state index contributed by atoms with van der Waals surface area (Å²) in [5.74, 6) is 0.162. The number of aryl methyl sites for hydroxylation is 1. The largest absolute Gasteiger partial charge is 0.375 e. The van der Waals surface area contributed by atoms with E-state index in [1.54, 1.807) is 0 Å². The summed E-state index contributed by atoms with van der Waals surface area (Å²) in [6.07, 6.45) is 3.67. The predicted octanol–water partition coefficient (Wildman–Crippen LogP) is 1.63. The van der Waals surface area contributed by atoms with Gasteiger partial charge in [0.25, 0.3) is 0 Å². The predicted molar refractivity (Wildman–Crippen MR) is 48.4 cm³/mol. The van der Waals surface area contributed by atoms with Gasteiger partial charge in [-0.05, 0) is 19.3 Å².